The zero-order chi connectivity index (χ0) is 9.36. The van der Waals surface area contributed by atoms with Gasteiger partial charge in [-0.05, 0) is 6.42 Å². The van der Waals surface area contributed by atoms with Crippen LogP contribution in [-0.2, 0) is 0 Å². The SMILES string of the molecule is CCCCCCCCCCC1SS1. The van der Waals surface area contributed by atoms with Gasteiger partial charge in [-0.25, -0.2) is 0 Å². The van der Waals surface area contributed by atoms with Gasteiger partial charge in [0.15, 0.2) is 0 Å². The number of hydrogen-bond donors (Lipinski definition) is 0. The van der Waals surface area contributed by atoms with Crippen LogP contribution in [0.5, 0.6) is 0 Å². The van der Waals surface area contributed by atoms with Gasteiger partial charge in [0.1, 0.15) is 0 Å². The van der Waals surface area contributed by atoms with E-state index in [9.17, 15) is 0 Å². The van der Waals surface area contributed by atoms with E-state index in [4.69, 9.17) is 0 Å². The zero-order valence-corrected chi connectivity index (χ0v) is 10.4. The average molecular weight is 218 g/mol. The summed E-state index contributed by atoms with van der Waals surface area (Å²) in [5, 5.41) is 0. The number of unbranched alkanes of at least 4 members (excludes halogenated alkanes) is 7. The van der Waals surface area contributed by atoms with Crippen molar-refractivity contribution in [3.05, 3.63) is 0 Å². The van der Waals surface area contributed by atoms with Gasteiger partial charge in [0.25, 0.3) is 0 Å². The molecule has 0 nitrogen and oxygen atoms in total. The van der Waals surface area contributed by atoms with Gasteiger partial charge >= 0.3 is 0 Å². The van der Waals surface area contributed by atoms with Crippen molar-refractivity contribution in [3.8, 4) is 0 Å². The van der Waals surface area contributed by atoms with E-state index in [1.165, 1.54) is 57.8 Å². The predicted molar refractivity (Wildman–Crippen MR) is 66.2 cm³/mol. The minimum atomic E-state index is 0.986. The van der Waals surface area contributed by atoms with Crippen LogP contribution >= 0.6 is 21.6 Å². The third kappa shape index (κ3) is 7.75. The molecule has 0 aromatic carbocycles. The molecule has 0 amide bonds. The van der Waals surface area contributed by atoms with Crippen LogP contribution in [0.15, 0.2) is 0 Å². The van der Waals surface area contributed by atoms with Crippen molar-refractivity contribution in [3.63, 3.8) is 0 Å². The first-order valence-corrected chi connectivity index (χ1v) is 8.03. The molecule has 78 valence electrons. The van der Waals surface area contributed by atoms with Gasteiger partial charge in [-0.15, -0.1) is 0 Å². The molecule has 0 aliphatic carbocycles. The maximum Gasteiger partial charge on any atom is 0.0710 e. The Kier molecular flexibility index (Phi) is 7.29. The molecule has 1 fully saturated rings. The van der Waals surface area contributed by atoms with E-state index in [0.717, 1.165) is 4.58 Å². The Bertz CT molecular complexity index is 111. The third-order valence-electron chi connectivity index (χ3n) is 2.53. The molecule has 1 rings (SSSR count). The van der Waals surface area contributed by atoms with Gasteiger partial charge in [0.2, 0.25) is 0 Å². The highest BCUT2D eigenvalue weighted by atomic mass is 33.2. The van der Waals surface area contributed by atoms with Gasteiger partial charge in [-0.2, -0.15) is 0 Å². The lowest BCUT2D eigenvalue weighted by atomic mass is 10.1. The first-order chi connectivity index (χ1) is 6.43. The maximum atomic E-state index is 2.28. The van der Waals surface area contributed by atoms with Crippen molar-refractivity contribution in [2.45, 2.75) is 69.3 Å². The summed E-state index contributed by atoms with van der Waals surface area (Å²) in [6.45, 7) is 2.28. The van der Waals surface area contributed by atoms with E-state index in [-0.39, 0.29) is 0 Å². The molecule has 0 unspecified atom stereocenters. The van der Waals surface area contributed by atoms with Crippen molar-refractivity contribution >= 4 is 21.6 Å². The Hall–Kier alpha value is 0.700. The summed E-state index contributed by atoms with van der Waals surface area (Å²) in [5.74, 6) is 0. The summed E-state index contributed by atoms with van der Waals surface area (Å²) in [4.78, 5) is 0. The van der Waals surface area contributed by atoms with Crippen LogP contribution in [0.1, 0.15) is 64.7 Å². The zero-order valence-electron chi connectivity index (χ0n) is 8.76. The second kappa shape index (κ2) is 8.05. The Morgan fingerprint density at radius 3 is 1.85 bits per heavy atom. The molecule has 0 aromatic heterocycles. The smallest absolute Gasteiger partial charge is 0.0710 e. The van der Waals surface area contributed by atoms with E-state index < -0.39 is 0 Å². The fourth-order valence-electron chi connectivity index (χ4n) is 1.58. The normalized spacial score (nSPS) is 16.4. The minimum Gasteiger partial charge on any atom is -0.0777 e. The molecule has 2 heteroatoms. The summed E-state index contributed by atoms with van der Waals surface area (Å²) in [5.41, 5.74) is 0. The predicted octanol–water partition coefficient (Wildman–Crippen LogP) is 5.24. The van der Waals surface area contributed by atoms with Crippen LogP contribution in [0.4, 0.5) is 0 Å². The third-order valence-corrected chi connectivity index (χ3v) is 4.86. The topological polar surface area (TPSA) is 0 Å². The van der Waals surface area contributed by atoms with Crippen LogP contribution < -0.4 is 0 Å². The molecule has 1 aliphatic rings. The fourth-order valence-corrected chi connectivity index (χ4v) is 3.00. The van der Waals surface area contributed by atoms with E-state index in [2.05, 4.69) is 28.5 Å². The molecule has 13 heavy (non-hydrogen) atoms. The van der Waals surface area contributed by atoms with Crippen LogP contribution in [-0.4, -0.2) is 4.58 Å². The lowest BCUT2D eigenvalue weighted by molar-refractivity contribution is 0.572. The van der Waals surface area contributed by atoms with Crippen molar-refractivity contribution in [2.75, 3.05) is 0 Å². The average Bonchev–Trinajstić information content (AvgIpc) is 2.93. The molecular formula is C11H22S2. The summed E-state index contributed by atoms with van der Waals surface area (Å²) in [6.07, 6.45) is 13.1. The first kappa shape index (κ1) is 11.8. The maximum absolute atomic E-state index is 2.28. The number of hydrogen-bond acceptors (Lipinski definition) is 2. The lowest BCUT2D eigenvalue weighted by Gasteiger charge is -1.99. The standard InChI is InChI=1S/C11H22S2/c1-2-3-4-5-6-7-8-9-10-11-12-13-11/h11H,2-10H2,1H3. The number of rotatable bonds is 9. The molecule has 1 heterocycles. The summed E-state index contributed by atoms with van der Waals surface area (Å²) >= 11 is 0. The van der Waals surface area contributed by atoms with E-state index >= 15 is 0 Å². The molecule has 0 atom stereocenters. The van der Waals surface area contributed by atoms with Crippen molar-refractivity contribution in [1.82, 2.24) is 0 Å². The van der Waals surface area contributed by atoms with E-state index in [1.807, 2.05) is 0 Å². The van der Waals surface area contributed by atoms with Crippen LogP contribution in [0, 0.1) is 0 Å². The molecule has 1 aliphatic heterocycles. The van der Waals surface area contributed by atoms with E-state index in [1.54, 1.807) is 0 Å². The molecule has 0 N–H and O–H groups in total. The summed E-state index contributed by atoms with van der Waals surface area (Å²) in [6, 6.07) is 0. The van der Waals surface area contributed by atoms with Crippen molar-refractivity contribution in [1.29, 1.82) is 0 Å². The Morgan fingerprint density at radius 1 is 0.769 bits per heavy atom. The molecular weight excluding hydrogens is 196 g/mol. The monoisotopic (exact) mass is 218 g/mol. The minimum absolute atomic E-state index is 0.986. The largest absolute Gasteiger partial charge is 0.0777 e. The van der Waals surface area contributed by atoms with Crippen LogP contribution in [0.25, 0.3) is 0 Å². The van der Waals surface area contributed by atoms with Gasteiger partial charge in [-0.1, -0.05) is 79.9 Å². The molecule has 0 bridgehead atoms. The van der Waals surface area contributed by atoms with Gasteiger partial charge in [-0.3, -0.25) is 0 Å². The fraction of sp³-hybridized carbons (Fsp3) is 1.00. The summed E-state index contributed by atoms with van der Waals surface area (Å²) in [7, 11) is 4.12. The molecule has 0 radical (unpaired) electrons. The Morgan fingerprint density at radius 2 is 1.31 bits per heavy atom. The highest BCUT2D eigenvalue weighted by Crippen LogP contribution is 2.55. The second-order valence-corrected chi connectivity index (χ2v) is 6.86. The first-order valence-electron chi connectivity index (χ1n) is 5.75. The quantitative estimate of drug-likeness (QED) is 0.295. The van der Waals surface area contributed by atoms with Crippen LogP contribution in [0.2, 0.25) is 0 Å². The highest BCUT2D eigenvalue weighted by molar-refractivity contribution is 8.92. The van der Waals surface area contributed by atoms with Gasteiger partial charge in [0.05, 0.1) is 4.58 Å². The summed E-state index contributed by atoms with van der Waals surface area (Å²) < 4.78 is 0.986. The molecule has 1 saturated heterocycles. The van der Waals surface area contributed by atoms with Crippen molar-refractivity contribution < 1.29 is 0 Å². The van der Waals surface area contributed by atoms with Crippen molar-refractivity contribution in [2.24, 2.45) is 0 Å². The molecule has 0 saturated carbocycles. The second-order valence-electron chi connectivity index (χ2n) is 3.89. The molecule has 0 aromatic rings. The molecule has 0 spiro atoms. The Balaban J connectivity index is 1.63. The van der Waals surface area contributed by atoms with Gasteiger partial charge in [0, 0.05) is 0 Å². The van der Waals surface area contributed by atoms with Gasteiger partial charge < -0.3 is 0 Å². The van der Waals surface area contributed by atoms with Crippen LogP contribution in [0.3, 0.4) is 0 Å². The van der Waals surface area contributed by atoms with E-state index in [0.29, 0.717) is 0 Å². The highest BCUT2D eigenvalue weighted by Gasteiger charge is 2.22. The Labute approximate surface area is 91.0 Å². The lowest BCUT2D eigenvalue weighted by Crippen LogP contribution is -1.83.